The summed E-state index contributed by atoms with van der Waals surface area (Å²) in [5.74, 6) is -0.112. The van der Waals surface area contributed by atoms with Crippen molar-refractivity contribution in [1.82, 2.24) is 15.3 Å². The third-order valence-corrected chi connectivity index (χ3v) is 5.45. The van der Waals surface area contributed by atoms with Crippen LogP contribution >= 0.6 is 11.8 Å². The summed E-state index contributed by atoms with van der Waals surface area (Å²) in [6.45, 7) is 6.60. The zero-order valence-corrected chi connectivity index (χ0v) is 18.3. The van der Waals surface area contributed by atoms with Gasteiger partial charge in [-0.1, -0.05) is 59.8 Å². The van der Waals surface area contributed by atoms with E-state index in [4.69, 9.17) is 4.98 Å². The second kappa shape index (κ2) is 9.70. The predicted octanol–water partition coefficient (Wildman–Crippen LogP) is 5.15. The molecular formula is C24H27N3OS. The predicted molar refractivity (Wildman–Crippen MR) is 121 cm³/mol. The van der Waals surface area contributed by atoms with Crippen LogP contribution in [-0.4, -0.2) is 28.7 Å². The zero-order chi connectivity index (χ0) is 20.8. The minimum atomic E-state index is -0.112. The second-order valence-electron chi connectivity index (χ2n) is 7.18. The molecule has 1 N–H and O–H groups in total. The van der Waals surface area contributed by atoms with Crippen LogP contribution in [0.15, 0.2) is 53.7 Å². The number of hydrogen-bond acceptors (Lipinski definition) is 4. The lowest BCUT2D eigenvalue weighted by atomic mass is 9.98. The fourth-order valence-corrected chi connectivity index (χ4v) is 3.73. The van der Waals surface area contributed by atoms with Gasteiger partial charge < -0.3 is 5.32 Å². The van der Waals surface area contributed by atoms with Crippen molar-refractivity contribution in [3.63, 3.8) is 0 Å². The van der Waals surface area contributed by atoms with Gasteiger partial charge >= 0.3 is 0 Å². The lowest BCUT2D eigenvalue weighted by Gasteiger charge is -2.15. The lowest BCUT2D eigenvalue weighted by molar-refractivity contribution is 0.0952. The van der Waals surface area contributed by atoms with Gasteiger partial charge in [0.05, 0.1) is 17.0 Å². The Morgan fingerprint density at radius 2 is 1.79 bits per heavy atom. The molecular weight excluding hydrogens is 378 g/mol. The summed E-state index contributed by atoms with van der Waals surface area (Å²) in [4.78, 5) is 22.3. The Balaban J connectivity index is 1.83. The number of carbonyl (C=O) groups is 1. The van der Waals surface area contributed by atoms with Crippen LogP contribution in [-0.2, 0) is 6.42 Å². The van der Waals surface area contributed by atoms with Gasteiger partial charge in [-0.2, -0.15) is 0 Å². The topological polar surface area (TPSA) is 54.9 Å². The van der Waals surface area contributed by atoms with Gasteiger partial charge in [0.15, 0.2) is 5.16 Å². The minimum absolute atomic E-state index is 0.112. The van der Waals surface area contributed by atoms with Crippen LogP contribution in [0, 0.1) is 20.8 Å². The van der Waals surface area contributed by atoms with E-state index in [2.05, 4.69) is 47.6 Å². The van der Waals surface area contributed by atoms with E-state index in [9.17, 15) is 4.79 Å². The number of thioether (sulfide) groups is 1. The van der Waals surface area contributed by atoms with Gasteiger partial charge in [0, 0.05) is 12.1 Å². The van der Waals surface area contributed by atoms with Crippen molar-refractivity contribution in [1.29, 1.82) is 0 Å². The van der Waals surface area contributed by atoms with Crippen LogP contribution in [0.1, 0.15) is 39.2 Å². The summed E-state index contributed by atoms with van der Waals surface area (Å²) in [6, 6.07) is 16.6. The standard InChI is InChI=1S/C24H27N3OS/c1-16-12-13-17(2)20(15-16)22-21(18(3)26-24(27-22)29-4)23(28)25-14-8-11-19-9-6-5-7-10-19/h5-7,9-10,12-13,15H,8,11,14H2,1-4H3,(H,25,28). The average Bonchev–Trinajstić information content (AvgIpc) is 2.73. The summed E-state index contributed by atoms with van der Waals surface area (Å²) < 4.78 is 0. The molecule has 5 heteroatoms. The Hall–Kier alpha value is -2.66. The molecule has 1 heterocycles. The Morgan fingerprint density at radius 1 is 1.03 bits per heavy atom. The number of aromatic nitrogens is 2. The Kier molecular flexibility index (Phi) is 7.04. The molecule has 0 fully saturated rings. The van der Waals surface area contributed by atoms with E-state index in [0.717, 1.165) is 29.5 Å². The van der Waals surface area contributed by atoms with E-state index in [-0.39, 0.29) is 5.91 Å². The van der Waals surface area contributed by atoms with Crippen LogP contribution < -0.4 is 5.32 Å². The maximum absolute atomic E-state index is 13.1. The SMILES string of the molecule is CSc1nc(C)c(C(=O)NCCCc2ccccc2)c(-c2cc(C)ccc2C)n1. The first-order chi connectivity index (χ1) is 14.0. The van der Waals surface area contributed by atoms with Gasteiger partial charge in [-0.15, -0.1) is 0 Å². The van der Waals surface area contributed by atoms with Crippen LogP contribution in [0.25, 0.3) is 11.3 Å². The van der Waals surface area contributed by atoms with Crippen LogP contribution in [0.3, 0.4) is 0 Å². The molecule has 4 nitrogen and oxygen atoms in total. The van der Waals surface area contributed by atoms with Gasteiger partial charge in [-0.05, 0) is 57.1 Å². The Labute approximate surface area is 177 Å². The van der Waals surface area contributed by atoms with Crippen LogP contribution in [0.4, 0.5) is 0 Å². The summed E-state index contributed by atoms with van der Waals surface area (Å²) in [6.07, 6.45) is 3.77. The largest absolute Gasteiger partial charge is 0.352 e. The number of rotatable bonds is 7. The molecule has 0 aliphatic heterocycles. The highest BCUT2D eigenvalue weighted by molar-refractivity contribution is 7.98. The second-order valence-corrected chi connectivity index (χ2v) is 7.96. The van der Waals surface area contributed by atoms with Crippen LogP contribution in [0.5, 0.6) is 0 Å². The molecule has 0 aliphatic rings. The van der Waals surface area contributed by atoms with E-state index in [1.807, 2.05) is 38.3 Å². The summed E-state index contributed by atoms with van der Waals surface area (Å²) in [5, 5.41) is 3.75. The van der Waals surface area contributed by atoms with Crippen molar-refractivity contribution in [2.24, 2.45) is 0 Å². The smallest absolute Gasteiger partial charge is 0.255 e. The summed E-state index contributed by atoms with van der Waals surface area (Å²) in [5.41, 5.74) is 6.49. The number of hydrogen-bond donors (Lipinski definition) is 1. The first-order valence-electron chi connectivity index (χ1n) is 9.82. The van der Waals surface area contributed by atoms with Crippen molar-refractivity contribution in [3.05, 3.63) is 76.5 Å². The molecule has 0 radical (unpaired) electrons. The summed E-state index contributed by atoms with van der Waals surface area (Å²) in [7, 11) is 0. The monoisotopic (exact) mass is 405 g/mol. The van der Waals surface area contributed by atoms with E-state index in [0.29, 0.717) is 28.7 Å². The van der Waals surface area contributed by atoms with Crippen molar-refractivity contribution in [2.45, 2.75) is 38.8 Å². The maximum Gasteiger partial charge on any atom is 0.255 e. The molecule has 3 aromatic rings. The third-order valence-electron chi connectivity index (χ3n) is 4.90. The fourth-order valence-electron chi connectivity index (χ4n) is 3.32. The molecule has 0 saturated heterocycles. The molecule has 0 aliphatic carbocycles. The number of aryl methyl sites for hydroxylation is 4. The summed E-state index contributed by atoms with van der Waals surface area (Å²) >= 11 is 1.49. The Morgan fingerprint density at radius 3 is 2.52 bits per heavy atom. The highest BCUT2D eigenvalue weighted by Crippen LogP contribution is 2.29. The molecule has 150 valence electrons. The molecule has 0 spiro atoms. The first-order valence-corrected chi connectivity index (χ1v) is 11.0. The molecule has 0 bridgehead atoms. The number of nitrogens with one attached hydrogen (secondary N) is 1. The van der Waals surface area contributed by atoms with Gasteiger partial charge in [0.2, 0.25) is 0 Å². The third kappa shape index (κ3) is 5.24. The minimum Gasteiger partial charge on any atom is -0.352 e. The van der Waals surface area contributed by atoms with E-state index < -0.39 is 0 Å². The van der Waals surface area contributed by atoms with Gasteiger partial charge in [-0.3, -0.25) is 4.79 Å². The highest BCUT2D eigenvalue weighted by atomic mass is 32.2. The fraction of sp³-hybridized carbons (Fsp3) is 0.292. The Bertz CT molecular complexity index is 1000. The molecule has 1 aromatic heterocycles. The van der Waals surface area contributed by atoms with Crippen molar-refractivity contribution < 1.29 is 4.79 Å². The van der Waals surface area contributed by atoms with Gasteiger partial charge in [-0.25, -0.2) is 9.97 Å². The molecule has 2 aromatic carbocycles. The highest BCUT2D eigenvalue weighted by Gasteiger charge is 2.21. The van der Waals surface area contributed by atoms with E-state index in [1.165, 1.54) is 17.3 Å². The quantitative estimate of drug-likeness (QED) is 0.335. The average molecular weight is 406 g/mol. The lowest BCUT2D eigenvalue weighted by Crippen LogP contribution is -2.27. The molecule has 29 heavy (non-hydrogen) atoms. The normalized spacial score (nSPS) is 10.8. The number of carbonyl (C=O) groups excluding carboxylic acids is 1. The number of amides is 1. The maximum atomic E-state index is 13.1. The molecule has 0 saturated carbocycles. The molecule has 1 amide bonds. The van der Waals surface area contributed by atoms with E-state index >= 15 is 0 Å². The van der Waals surface area contributed by atoms with Gasteiger partial charge in [0.25, 0.3) is 5.91 Å². The van der Waals surface area contributed by atoms with E-state index in [1.54, 1.807) is 0 Å². The number of nitrogens with zero attached hydrogens (tertiary/aromatic N) is 2. The van der Waals surface area contributed by atoms with Crippen molar-refractivity contribution in [2.75, 3.05) is 12.8 Å². The van der Waals surface area contributed by atoms with Crippen LogP contribution in [0.2, 0.25) is 0 Å². The van der Waals surface area contributed by atoms with Gasteiger partial charge in [0.1, 0.15) is 0 Å². The molecule has 0 atom stereocenters. The molecule has 0 unspecified atom stereocenters. The first kappa shape index (κ1) is 21.1. The van der Waals surface area contributed by atoms with Crippen molar-refractivity contribution in [3.8, 4) is 11.3 Å². The number of benzene rings is 2. The zero-order valence-electron chi connectivity index (χ0n) is 17.5. The molecule has 3 rings (SSSR count). The van der Waals surface area contributed by atoms with Crippen molar-refractivity contribution >= 4 is 17.7 Å².